The van der Waals surface area contributed by atoms with Crippen molar-refractivity contribution in [3.63, 3.8) is 0 Å². The van der Waals surface area contributed by atoms with Crippen molar-refractivity contribution in [3.8, 4) is 0 Å². The summed E-state index contributed by atoms with van der Waals surface area (Å²) in [7, 11) is 1.48. The van der Waals surface area contributed by atoms with Crippen LogP contribution in [0.25, 0.3) is 0 Å². The highest BCUT2D eigenvalue weighted by molar-refractivity contribution is 5.76. The highest BCUT2D eigenvalue weighted by Crippen LogP contribution is 2.31. The largest absolute Gasteiger partial charge is 0.468 e. The van der Waals surface area contributed by atoms with Gasteiger partial charge in [0, 0.05) is 12.1 Å². The lowest BCUT2D eigenvalue weighted by Gasteiger charge is -2.38. The van der Waals surface area contributed by atoms with E-state index in [9.17, 15) is 4.79 Å². The van der Waals surface area contributed by atoms with E-state index < -0.39 is 0 Å². The first kappa shape index (κ1) is 15.8. The van der Waals surface area contributed by atoms with Gasteiger partial charge in [0.2, 0.25) is 0 Å². The molecule has 1 heterocycles. The lowest BCUT2D eigenvalue weighted by molar-refractivity contribution is -0.144. The molecule has 0 radical (unpaired) electrons. The van der Waals surface area contributed by atoms with Gasteiger partial charge in [0.15, 0.2) is 0 Å². The van der Waals surface area contributed by atoms with Crippen molar-refractivity contribution >= 4 is 5.97 Å². The predicted octanol–water partition coefficient (Wildman–Crippen LogP) is 2.08. The van der Waals surface area contributed by atoms with Crippen molar-refractivity contribution < 1.29 is 9.53 Å². The van der Waals surface area contributed by atoms with Gasteiger partial charge in [0.1, 0.15) is 6.04 Å². The first-order chi connectivity index (χ1) is 9.63. The second-order valence-corrected chi connectivity index (χ2v) is 6.67. The maximum absolute atomic E-state index is 12.0. The molecule has 116 valence electrons. The van der Waals surface area contributed by atoms with E-state index in [1.54, 1.807) is 0 Å². The molecule has 0 aromatic carbocycles. The van der Waals surface area contributed by atoms with Gasteiger partial charge in [-0.25, -0.2) is 0 Å². The molecule has 0 amide bonds. The third-order valence-corrected chi connectivity index (χ3v) is 4.95. The van der Waals surface area contributed by atoms with Gasteiger partial charge in [-0.3, -0.25) is 4.79 Å². The van der Waals surface area contributed by atoms with Crippen LogP contribution in [-0.4, -0.2) is 37.7 Å². The SMILES string of the molecule is COC(=O)[C@@H](NC1CCCCC1C1CCCN1)C(C)C. The van der Waals surface area contributed by atoms with Crippen LogP contribution in [0.15, 0.2) is 0 Å². The van der Waals surface area contributed by atoms with E-state index in [4.69, 9.17) is 4.74 Å². The average molecular weight is 282 g/mol. The van der Waals surface area contributed by atoms with Crippen LogP contribution in [0, 0.1) is 11.8 Å². The van der Waals surface area contributed by atoms with E-state index in [1.807, 2.05) is 0 Å². The summed E-state index contributed by atoms with van der Waals surface area (Å²) in [6.07, 6.45) is 7.63. The summed E-state index contributed by atoms with van der Waals surface area (Å²) in [6, 6.07) is 0.913. The molecule has 0 aromatic rings. The molecule has 0 aromatic heterocycles. The molecule has 2 rings (SSSR count). The Labute approximate surface area is 123 Å². The van der Waals surface area contributed by atoms with Crippen LogP contribution in [-0.2, 0) is 9.53 Å². The second kappa shape index (κ2) is 7.41. The van der Waals surface area contributed by atoms with Crippen LogP contribution in [0.4, 0.5) is 0 Å². The average Bonchev–Trinajstić information content (AvgIpc) is 2.98. The number of esters is 1. The van der Waals surface area contributed by atoms with E-state index in [0.29, 0.717) is 18.0 Å². The highest BCUT2D eigenvalue weighted by Gasteiger charge is 2.36. The van der Waals surface area contributed by atoms with Crippen LogP contribution in [0.3, 0.4) is 0 Å². The summed E-state index contributed by atoms with van der Waals surface area (Å²) in [5, 5.41) is 7.26. The van der Waals surface area contributed by atoms with Gasteiger partial charge < -0.3 is 15.4 Å². The molecule has 1 saturated carbocycles. The van der Waals surface area contributed by atoms with Gasteiger partial charge in [-0.15, -0.1) is 0 Å². The molecule has 2 aliphatic rings. The molecule has 3 unspecified atom stereocenters. The maximum Gasteiger partial charge on any atom is 0.323 e. The Balaban J connectivity index is 2.01. The number of carbonyl (C=O) groups excluding carboxylic acids is 1. The minimum atomic E-state index is -0.174. The fraction of sp³-hybridized carbons (Fsp3) is 0.938. The zero-order chi connectivity index (χ0) is 14.5. The first-order valence-corrected chi connectivity index (χ1v) is 8.20. The molecule has 4 nitrogen and oxygen atoms in total. The zero-order valence-corrected chi connectivity index (χ0v) is 13.2. The molecule has 2 N–H and O–H groups in total. The van der Waals surface area contributed by atoms with Crippen molar-refractivity contribution in [3.05, 3.63) is 0 Å². The van der Waals surface area contributed by atoms with E-state index in [2.05, 4.69) is 24.5 Å². The molecule has 1 saturated heterocycles. The molecule has 4 atom stereocenters. The summed E-state index contributed by atoms with van der Waals surface area (Å²) in [6.45, 7) is 5.32. The molecular weight excluding hydrogens is 252 g/mol. The quantitative estimate of drug-likeness (QED) is 0.758. The Hall–Kier alpha value is -0.610. The zero-order valence-electron chi connectivity index (χ0n) is 13.2. The molecule has 4 heteroatoms. The summed E-state index contributed by atoms with van der Waals surface area (Å²) >= 11 is 0. The lowest BCUT2D eigenvalue weighted by Crippen LogP contribution is -2.54. The summed E-state index contributed by atoms with van der Waals surface area (Å²) < 4.78 is 4.96. The second-order valence-electron chi connectivity index (χ2n) is 6.67. The fourth-order valence-electron chi connectivity index (χ4n) is 3.82. The fourth-order valence-corrected chi connectivity index (χ4v) is 3.82. The van der Waals surface area contributed by atoms with Crippen LogP contribution >= 0.6 is 0 Å². The number of carbonyl (C=O) groups is 1. The van der Waals surface area contributed by atoms with Gasteiger partial charge in [-0.2, -0.15) is 0 Å². The molecule has 0 bridgehead atoms. The normalized spacial score (nSPS) is 32.3. The van der Waals surface area contributed by atoms with Crippen molar-refractivity contribution in [2.24, 2.45) is 11.8 Å². The van der Waals surface area contributed by atoms with Crippen LogP contribution in [0.1, 0.15) is 52.4 Å². The minimum Gasteiger partial charge on any atom is -0.468 e. The summed E-state index contributed by atoms with van der Waals surface area (Å²) in [5.74, 6) is 0.808. The standard InChI is InChI=1S/C16H30N2O2/c1-11(2)15(16(19)20-3)18-14-8-5-4-7-12(14)13-9-6-10-17-13/h11-15,17-18H,4-10H2,1-3H3/t12?,13?,14?,15-/m0/s1. The van der Waals surface area contributed by atoms with Crippen molar-refractivity contribution in [2.75, 3.05) is 13.7 Å². The van der Waals surface area contributed by atoms with Crippen LogP contribution in [0.5, 0.6) is 0 Å². The highest BCUT2D eigenvalue weighted by atomic mass is 16.5. The molecular formula is C16H30N2O2. The topological polar surface area (TPSA) is 50.4 Å². The monoisotopic (exact) mass is 282 g/mol. The summed E-state index contributed by atoms with van der Waals surface area (Å²) in [5.41, 5.74) is 0. The Morgan fingerprint density at radius 3 is 2.55 bits per heavy atom. The van der Waals surface area contributed by atoms with Gasteiger partial charge in [0.05, 0.1) is 7.11 Å². The van der Waals surface area contributed by atoms with Crippen molar-refractivity contribution in [2.45, 2.75) is 70.5 Å². The predicted molar refractivity (Wildman–Crippen MR) is 80.5 cm³/mol. The van der Waals surface area contributed by atoms with Gasteiger partial charge in [0.25, 0.3) is 0 Å². The maximum atomic E-state index is 12.0. The smallest absolute Gasteiger partial charge is 0.323 e. The molecule has 2 fully saturated rings. The first-order valence-electron chi connectivity index (χ1n) is 8.20. The van der Waals surface area contributed by atoms with E-state index in [-0.39, 0.29) is 17.9 Å². The number of hydrogen-bond acceptors (Lipinski definition) is 4. The van der Waals surface area contributed by atoms with E-state index >= 15 is 0 Å². The number of methoxy groups -OCH3 is 1. The van der Waals surface area contributed by atoms with Crippen molar-refractivity contribution in [1.29, 1.82) is 0 Å². The Bertz CT molecular complexity index is 314. The molecule has 1 aliphatic heterocycles. The summed E-state index contributed by atoms with van der Waals surface area (Å²) in [4.78, 5) is 12.0. The van der Waals surface area contributed by atoms with E-state index in [0.717, 1.165) is 6.54 Å². The number of rotatable bonds is 5. The Kier molecular flexibility index (Phi) is 5.85. The van der Waals surface area contributed by atoms with Crippen LogP contribution in [0.2, 0.25) is 0 Å². The molecule has 1 aliphatic carbocycles. The van der Waals surface area contributed by atoms with E-state index in [1.165, 1.54) is 45.6 Å². The van der Waals surface area contributed by atoms with Crippen molar-refractivity contribution in [1.82, 2.24) is 10.6 Å². The third-order valence-electron chi connectivity index (χ3n) is 4.95. The van der Waals surface area contributed by atoms with Gasteiger partial charge in [-0.05, 0) is 44.1 Å². The Morgan fingerprint density at radius 1 is 1.20 bits per heavy atom. The minimum absolute atomic E-state index is 0.122. The van der Waals surface area contributed by atoms with Gasteiger partial charge >= 0.3 is 5.97 Å². The van der Waals surface area contributed by atoms with Crippen LogP contribution < -0.4 is 10.6 Å². The lowest BCUT2D eigenvalue weighted by atomic mass is 9.78. The third kappa shape index (κ3) is 3.73. The number of hydrogen-bond donors (Lipinski definition) is 2. The number of ether oxygens (including phenoxy) is 1. The molecule has 0 spiro atoms. The Morgan fingerprint density at radius 2 is 1.95 bits per heavy atom. The molecule has 20 heavy (non-hydrogen) atoms. The van der Waals surface area contributed by atoms with Gasteiger partial charge in [-0.1, -0.05) is 26.7 Å². The number of nitrogens with one attached hydrogen (secondary N) is 2.